The van der Waals surface area contributed by atoms with Crippen molar-refractivity contribution in [2.45, 2.75) is 32.8 Å². The van der Waals surface area contributed by atoms with Crippen molar-refractivity contribution in [2.24, 2.45) is 0 Å². The number of aliphatic hydroxyl groups is 2. The first kappa shape index (κ1) is 19.7. The number of rotatable bonds is 6. The Hall–Kier alpha value is -3.63. The second-order valence-electron chi connectivity index (χ2n) is 6.91. The highest BCUT2D eigenvalue weighted by atomic mass is 16.6. The summed E-state index contributed by atoms with van der Waals surface area (Å²) in [5.74, 6) is 0. The van der Waals surface area contributed by atoms with Gasteiger partial charge in [-0.1, -0.05) is 18.2 Å². The molecule has 3 heterocycles. The molecule has 0 radical (unpaired) electrons. The van der Waals surface area contributed by atoms with Crippen LogP contribution < -0.4 is 5.56 Å². The van der Waals surface area contributed by atoms with Crippen LogP contribution in [0.15, 0.2) is 29.1 Å². The molecular formula is C20H17N3O7. The SMILES string of the molecule is CC(O)c1c([N+](=O)[O-])c2n(c(=O)c1COC=O)Cc1c-2nc2ccccc2c1CO. The van der Waals surface area contributed by atoms with Gasteiger partial charge in [0.05, 0.1) is 46.5 Å². The molecule has 1 unspecified atom stereocenters. The molecule has 0 bridgehead atoms. The minimum Gasteiger partial charge on any atom is -0.463 e. The summed E-state index contributed by atoms with van der Waals surface area (Å²) in [5, 5.41) is 33.0. The van der Waals surface area contributed by atoms with Gasteiger partial charge in [-0.15, -0.1) is 0 Å². The first-order valence-corrected chi connectivity index (χ1v) is 9.09. The smallest absolute Gasteiger partial charge is 0.301 e. The quantitative estimate of drug-likeness (QED) is 0.276. The van der Waals surface area contributed by atoms with Crippen LogP contribution in [-0.2, 0) is 29.3 Å². The molecule has 2 aromatic heterocycles. The number of benzene rings is 1. The molecule has 4 rings (SSSR count). The van der Waals surface area contributed by atoms with Crippen molar-refractivity contribution in [3.05, 3.63) is 67.0 Å². The van der Waals surface area contributed by atoms with E-state index < -0.39 is 28.9 Å². The van der Waals surface area contributed by atoms with Crippen LogP contribution in [0.4, 0.5) is 5.69 Å². The summed E-state index contributed by atoms with van der Waals surface area (Å²) in [6.07, 6.45) is -1.36. The van der Waals surface area contributed by atoms with Crippen LogP contribution >= 0.6 is 0 Å². The van der Waals surface area contributed by atoms with E-state index in [1.54, 1.807) is 24.3 Å². The maximum absolute atomic E-state index is 13.2. The highest BCUT2D eigenvalue weighted by Crippen LogP contribution is 2.43. The predicted molar refractivity (Wildman–Crippen MR) is 105 cm³/mol. The summed E-state index contributed by atoms with van der Waals surface area (Å²) in [5.41, 5.74) is 0.236. The summed E-state index contributed by atoms with van der Waals surface area (Å²) in [6, 6.07) is 7.02. The number of carbonyl (C=O) groups is 1. The Labute approximate surface area is 169 Å². The molecule has 1 atom stereocenters. The molecule has 10 nitrogen and oxygen atoms in total. The van der Waals surface area contributed by atoms with Gasteiger partial charge in [-0.25, -0.2) is 4.98 Å². The lowest BCUT2D eigenvalue weighted by Gasteiger charge is -2.15. The van der Waals surface area contributed by atoms with E-state index in [0.29, 0.717) is 22.0 Å². The third-order valence-corrected chi connectivity index (χ3v) is 5.28. The number of nitrogens with zero attached hydrogens (tertiary/aromatic N) is 3. The summed E-state index contributed by atoms with van der Waals surface area (Å²) < 4.78 is 5.87. The summed E-state index contributed by atoms with van der Waals surface area (Å²) in [4.78, 5) is 39.7. The van der Waals surface area contributed by atoms with Gasteiger partial charge in [0.1, 0.15) is 12.3 Å². The number of para-hydroxylation sites is 1. The molecule has 1 aliphatic rings. The van der Waals surface area contributed by atoms with Gasteiger partial charge in [0.25, 0.3) is 12.0 Å². The fraction of sp³-hybridized carbons (Fsp3) is 0.250. The van der Waals surface area contributed by atoms with E-state index in [-0.39, 0.29) is 42.1 Å². The van der Waals surface area contributed by atoms with Gasteiger partial charge in [-0.2, -0.15) is 0 Å². The number of aromatic nitrogens is 2. The lowest BCUT2D eigenvalue weighted by Crippen LogP contribution is -2.27. The maximum atomic E-state index is 13.2. The van der Waals surface area contributed by atoms with Gasteiger partial charge in [0.2, 0.25) is 0 Å². The fourth-order valence-corrected chi connectivity index (χ4v) is 4.09. The topological polar surface area (TPSA) is 145 Å². The Balaban J connectivity index is 2.15. The largest absolute Gasteiger partial charge is 0.463 e. The molecule has 154 valence electrons. The molecule has 1 aromatic carbocycles. The van der Waals surface area contributed by atoms with Crippen molar-refractivity contribution in [1.29, 1.82) is 0 Å². The zero-order chi connectivity index (χ0) is 21.6. The Morgan fingerprint density at radius 1 is 1.37 bits per heavy atom. The molecule has 30 heavy (non-hydrogen) atoms. The minimum atomic E-state index is -1.36. The molecule has 10 heteroatoms. The molecule has 0 fully saturated rings. The van der Waals surface area contributed by atoms with Crippen LogP contribution in [0, 0.1) is 10.1 Å². The standard InChI is InChI=1S/C20H17N3O7/c1-10(26)16-14(8-30-9-25)20(27)22-6-12-13(7-24)11-4-2-3-5-15(11)21-17(12)19(22)18(16)23(28)29/h2-5,9-10,24,26H,6-8H2,1H3. The van der Waals surface area contributed by atoms with Crippen molar-refractivity contribution >= 4 is 23.1 Å². The maximum Gasteiger partial charge on any atom is 0.301 e. The van der Waals surface area contributed by atoms with Crippen LogP contribution in [0.5, 0.6) is 0 Å². The molecule has 0 amide bonds. The number of fused-ring (bicyclic) bond motifs is 4. The van der Waals surface area contributed by atoms with Crippen LogP contribution in [0.25, 0.3) is 22.3 Å². The second-order valence-corrected chi connectivity index (χ2v) is 6.91. The zero-order valence-electron chi connectivity index (χ0n) is 15.9. The highest BCUT2D eigenvalue weighted by Gasteiger charge is 2.38. The molecule has 0 aliphatic carbocycles. The van der Waals surface area contributed by atoms with Crippen molar-refractivity contribution in [1.82, 2.24) is 9.55 Å². The molecule has 0 saturated heterocycles. The predicted octanol–water partition coefficient (Wildman–Crippen LogP) is 1.55. The molecule has 2 N–H and O–H groups in total. The summed E-state index contributed by atoms with van der Waals surface area (Å²) in [7, 11) is 0. The Morgan fingerprint density at radius 3 is 2.73 bits per heavy atom. The number of nitro groups is 1. The Bertz CT molecular complexity index is 1260. The highest BCUT2D eigenvalue weighted by molar-refractivity contribution is 5.89. The third-order valence-electron chi connectivity index (χ3n) is 5.28. The van der Waals surface area contributed by atoms with Gasteiger partial charge in [-0.05, 0) is 18.6 Å². The van der Waals surface area contributed by atoms with Gasteiger partial charge >= 0.3 is 5.69 Å². The summed E-state index contributed by atoms with van der Waals surface area (Å²) in [6.45, 7) is 0.536. The van der Waals surface area contributed by atoms with E-state index in [1.165, 1.54) is 11.5 Å². The van der Waals surface area contributed by atoms with E-state index in [1.807, 2.05) is 0 Å². The lowest BCUT2D eigenvalue weighted by molar-refractivity contribution is -0.385. The van der Waals surface area contributed by atoms with Gasteiger partial charge in [-0.3, -0.25) is 24.3 Å². The number of pyridine rings is 2. The molecule has 0 saturated carbocycles. The number of aliphatic hydroxyl groups excluding tert-OH is 2. The number of carbonyl (C=O) groups excluding carboxylic acids is 1. The third kappa shape index (κ3) is 2.77. The van der Waals surface area contributed by atoms with Crippen molar-refractivity contribution in [3.63, 3.8) is 0 Å². The first-order chi connectivity index (χ1) is 14.4. The van der Waals surface area contributed by atoms with E-state index in [0.717, 1.165) is 0 Å². The van der Waals surface area contributed by atoms with Crippen LogP contribution in [0.2, 0.25) is 0 Å². The monoisotopic (exact) mass is 411 g/mol. The average molecular weight is 411 g/mol. The van der Waals surface area contributed by atoms with Gasteiger partial charge in [0.15, 0.2) is 0 Å². The van der Waals surface area contributed by atoms with Crippen molar-refractivity contribution in [3.8, 4) is 11.4 Å². The second kappa shape index (κ2) is 7.32. The molecule has 3 aromatic rings. The fourth-order valence-electron chi connectivity index (χ4n) is 4.09. The minimum absolute atomic E-state index is 0.0355. The van der Waals surface area contributed by atoms with Gasteiger partial charge < -0.3 is 14.9 Å². The number of hydrogen-bond acceptors (Lipinski definition) is 8. The molecule has 0 spiro atoms. The van der Waals surface area contributed by atoms with E-state index in [4.69, 9.17) is 0 Å². The Kier molecular flexibility index (Phi) is 4.80. The van der Waals surface area contributed by atoms with Gasteiger partial charge in [0, 0.05) is 10.9 Å². The van der Waals surface area contributed by atoms with Crippen LogP contribution in [-0.4, -0.2) is 31.2 Å². The first-order valence-electron chi connectivity index (χ1n) is 9.09. The lowest BCUT2D eigenvalue weighted by atomic mass is 9.98. The summed E-state index contributed by atoms with van der Waals surface area (Å²) >= 11 is 0. The number of hydrogen-bond donors (Lipinski definition) is 2. The van der Waals surface area contributed by atoms with E-state index in [9.17, 15) is 29.9 Å². The van der Waals surface area contributed by atoms with Crippen LogP contribution in [0.1, 0.15) is 35.3 Å². The molecular weight excluding hydrogens is 394 g/mol. The van der Waals surface area contributed by atoms with Crippen LogP contribution in [0.3, 0.4) is 0 Å². The average Bonchev–Trinajstić information content (AvgIpc) is 3.09. The zero-order valence-corrected chi connectivity index (χ0v) is 15.9. The van der Waals surface area contributed by atoms with E-state index >= 15 is 0 Å². The van der Waals surface area contributed by atoms with Crippen molar-refractivity contribution < 1.29 is 24.7 Å². The normalized spacial score (nSPS) is 13.0. The van der Waals surface area contributed by atoms with E-state index in [2.05, 4.69) is 9.72 Å². The Morgan fingerprint density at radius 2 is 2.10 bits per heavy atom. The molecule has 1 aliphatic heterocycles. The number of ether oxygens (including phenoxy) is 1. The van der Waals surface area contributed by atoms with Crippen molar-refractivity contribution in [2.75, 3.05) is 0 Å².